The number of benzene rings is 3. The first-order valence-corrected chi connectivity index (χ1v) is 12.3. The van der Waals surface area contributed by atoms with E-state index in [9.17, 15) is 9.59 Å². The van der Waals surface area contributed by atoms with Crippen molar-refractivity contribution in [1.29, 1.82) is 0 Å². The lowest BCUT2D eigenvalue weighted by Gasteiger charge is -2.13. The van der Waals surface area contributed by atoms with Crippen LogP contribution in [-0.4, -0.2) is 35.9 Å². The van der Waals surface area contributed by atoms with Crippen molar-refractivity contribution in [3.8, 4) is 17.2 Å². The molecule has 6 nitrogen and oxygen atoms in total. The zero-order valence-corrected chi connectivity index (χ0v) is 20.7. The van der Waals surface area contributed by atoms with Gasteiger partial charge >= 0.3 is 0 Å². The predicted octanol–water partition coefficient (Wildman–Crippen LogP) is 6.43. The van der Waals surface area contributed by atoms with Crippen LogP contribution in [-0.2, 0) is 11.3 Å². The second-order valence-corrected chi connectivity index (χ2v) is 8.98. The van der Waals surface area contributed by atoms with Gasteiger partial charge in [0.1, 0.15) is 19.0 Å². The quantitative estimate of drug-likeness (QED) is 0.232. The number of ether oxygens (including phenoxy) is 3. The van der Waals surface area contributed by atoms with E-state index in [2.05, 4.69) is 0 Å². The van der Waals surface area contributed by atoms with Crippen LogP contribution in [0.4, 0.5) is 4.79 Å². The van der Waals surface area contributed by atoms with Crippen molar-refractivity contribution in [3.63, 3.8) is 0 Å². The molecule has 8 heteroatoms. The third-order valence-electron chi connectivity index (χ3n) is 5.02. The van der Waals surface area contributed by atoms with Gasteiger partial charge in [0.2, 0.25) is 0 Å². The minimum atomic E-state index is -0.337. The number of thioether (sulfide) groups is 1. The van der Waals surface area contributed by atoms with Crippen LogP contribution in [0.1, 0.15) is 18.1 Å². The first-order valence-electron chi connectivity index (χ1n) is 11.1. The molecule has 3 aromatic carbocycles. The molecule has 0 radical (unpaired) electrons. The van der Waals surface area contributed by atoms with E-state index in [4.69, 9.17) is 25.8 Å². The van der Waals surface area contributed by atoms with E-state index in [0.29, 0.717) is 41.2 Å². The summed E-state index contributed by atoms with van der Waals surface area (Å²) in [6, 6.07) is 22.0. The topological polar surface area (TPSA) is 65.1 Å². The third kappa shape index (κ3) is 6.59. The molecule has 180 valence electrons. The summed E-state index contributed by atoms with van der Waals surface area (Å²) in [5.74, 6) is 1.57. The lowest BCUT2D eigenvalue weighted by atomic mass is 10.1. The van der Waals surface area contributed by atoms with Crippen LogP contribution in [0.2, 0.25) is 5.02 Å². The second kappa shape index (κ2) is 11.8. The van der Waals surface area contributed by atoms with Gasteiger partial charge < -0.3 is 14.2 Å². The fourth-order valence-corrected chi connectivity index (χ4v) is 4.49. The van der Waals surface area contributed by atoms with E-state index >= 15 is 0 Å². The Morgan fingerprint density at radius 1 is 0.886 bits per heavy atom. The van der Waals surface area contributed by atoms with E-state index in [1.54, 1.807) is 36.4 Å². The Morgan fingerprint density at radius 3 is 2.46 bits per heavy atom. The van der Waals surface area contributed by atoms with Crippen molar-refractivity contribution in [1.82, 2.24) is 4.90 Å². The fourth-order valence-electron chi connectivity index (χ4n) is 3.44. The highest BCUT2D eigenvalue weighted by atomic mass is 35.5. The number of halogens is 1. The third-order valence-corrected chi connectivity index (χ3v) is 6.16. The van der Waals surface area contributed by atoms with Gasteiger partial charge in [-0.25, -0.2) is 0 Å². The number of carbonyl (C=O) groups excluding carboxylic acids is 2. The number of imide groups is 1. The zero-order chi connectivity index (χ0) is 24.6. The molecule has 0 saturated carbocycles. The number of hydrogen-bond acceptors (Lipinski definition) is 6. The highest BCUT2D eigenvalue weighted by molar-refractivity contribution is 8.18. The van der Waals surface area contributed by atoms with Crippen molar-refractivity contribution in [3.05, 3.63) is 93.9 Å². The molecular weight excluding hydrogens is 486 g/mol. The lowest BCUT2D eigenvalue weighted by molar-refractivity contribution is -0.123. The highest BCUT2D eigenvalue weighted by Gasteiger charge is 2.35. The molecule has 0 spiro atoms. The predicted molar refractivity (Wildman–Crippen MR) is 138 cm³/mol. The first-order chi connectivity index (χ1) is 17.0. The molecule has 1 heterocycles. The van der Waals surface area contributed by atoms with E-state index < -0.39 is 0 Å². The van der Waals surface area contributed by atoms with Crippen LogP contribution in [0.15, 0.2) is 77.7 Å². The number of nitrogens with zero attached hydrogens (tertiary/aromatic N) is 1. The first kappa shape index (κ1) is 24.7. The largest absolute Gasteiger partial charge is 0.490 e. The van der Waals surface area contributed by atoms with Crippen LogP contribution in [0, 0.1) is 0 Å². The molecule has 0 bridgehead atoms. The molecule has 0 aliphatic carbocycles. The van der Waals surface area contributed by atoms with Gasteiger partial charge in [-0.3, -0.25) is 14.5 Å². The molecule has 2 amide bonds. The molecule has 1 saturated heterocycles. The maximum atomic E-state index is 12.9. The molecule has 3 aromatic rings. The Balaban J connectivity index is 1.42. The number of amides is 2. The van der Waals surface area contributed by atoms with Crippen molar-refractivity contribution in [2.75, 3.05) is 19.8 Å². The lowest BCUT2D eigenvalue weighted by Crippen LogP contribution is -2.27. The molecule has 0 atom stereocenters. The van der Waals surface area contributed by atoms with Crippen molar-refractivity contribution in [2.45, 2.75) is 13.5 Å². The number of carbonyl (C=O) groups is 2. The Hall–Kier alpha value is -3.42. The summed E-state index contributed by atoms with van der Waals surface area (Å²) in [5.41, 5.74) is 1.52. The van der Waals surface area contributed by atoms with Gasteiger partial charge in [-0.2, -0.15) is 0 Å². The van der Waals surface area contributed by atoms with E-state index in [-0.39, 0.29) is 17.7 Å². The zero-order valence-electron chi connectivity index (χ0n) is 19.1. The number of para-hydroxylation sites is 1. The van der Waals surface area contributed by atoms with Crippen LogP contribution in [0.5, 0.6) is 17.2 Å². The van der Waals surface area contributed by atoms with Gasteiger partial charge in [-0.05, 0) is 72.3 Å². The van der Waals surface area contributed by atoms with Crippen molar-refractivity contribution >= 4 is 40.6 Å². The molecule has 35 heavy (non-hydrogen) atoms. The normalized spacial score (nSPS) is 14.5. The van der Waals surface area contributed by atoms with Gasteiger partial charge in [0.05, 0.1) is 18.1 Å². The summed E-state index contributed by atoms with van der Waals surface area (Å²) >= 11 is 6.94. The number of hydrogen-bond donors (Lipinski definition) is 0. The molecule has 0 unspecified atom stereocenters. The smallest absolute Gasteiger partial charge is 0.293 e. The summed E-state index contributed by atoms with van der Waals surface area (Å²) in [7, 11) is 0. The van der Waals surface area contributed by atoms with Crippen LogP contribution < -0.4 is 14.2 Å². The molecule has 4 rings (SSSR count). The van der Waals surface area contributed by atoms with Gasteiger partial charge in [-0.15, -0.1) is 0 Å². The van der Waals surface area contributed by atoms with E-state index in [0.717, 1.165) is 28.6 Å². The minimum absolute atomic E-state index is 0.171. The average molecular weight is 510 g/mol. The maximum absolute atomic E-state index is 12.9. The molecule has 1 aliphatic rings. The summed E-state index contributed by atoms with van der Waals surface area (Å²) in [6.45, 7) is 3.24. The van der Waals surface area contributed by atoms with E-state index in [1.165, 1.54) is 4.90 Å². The minimum Gasteiger partial charge on any atom is -0.490 e. The Morgan fingerprint density at radius 2 is 1.69 bits per heavy atom. The SMILES string of the molecule is CCOc1cc(/C=C2\SC(=O)N(Cc3cccc(Cl)c3)C2=O)ccc1OCCOc1ccccc1. The van der Waals surface area contributed by atoms with Gasteiger partial charge in [0.25, 0.3) is 11.1 Å². The second-order valence-electron chi connectivity index (χ2n) is 7.55. The molecule has 1 aliphatic heterocycles. The Bertz CT molecular complexity index is 1230. The summed E-state index contributed by atoms with van der Waals surface area (Å²) in [4.78, 5) is 26.9. The summed E-state index contributed by atoms with van der Waals surface area (Å²) in [6.07, 6.45) is 1.69. The fraction of sp³-hybridized carbons (Fsp3) is 0.185. The van der Waals surface area contributed by atoms with Crippen molar-refractivity contribution < 1.29 is 23.8 Å². The van der Waals surface area contributed by atoms with Crippen molar-refractivity contribution in [2.24, 2.45) is 0 Å². The van der Waals surface area contributed by atoms with Crippen LogP contribution >= 0.6 is 23.4 Å². The highest BCUT2D eigenvalue weighted by Crippen LogP contribution is 2.35. The maximum Gasteiger partial charge on any atom is 0.293 e. The standard InChI is InChI=1S/C27H24ClNO5S/c1-2-32-24-16-19(11-12-23(24)34-14-13-33-22-9-4-3-5-10-22)17-25-26(30)29(27(31)35-25)18-20-7-6-8-21(28)15-20/h3-12,15-17H,2,13-14,18H2,1H3/b25-17-. The van der Waals surface area contributed by atoms with E-state index in [1.807, 2.05) is 49.4 Å². The van der Waals surface area contributed by atoms with Crippen LogP contribution in [0.3, 0.4) is 0 Å². The molecule has 0 N–H and O–H groups in total. The molecular formula is C27H24ClNO5S. The molecule has 1 fully saturated rings. The summed E-state index contributed by atoms with van der Waals surface area (Å²) in [5, 5.41) is 0.243. The molecule has 0 aromatic heterocycles. The summed E-state index contributed by atoms with van der Waals surface area (Å²) < 4.78 is 17.3. The number of rotatable bonds is 10. The monoisotopic (exact) mass is 509 g/mol. The van der Waals surface area contributed by atoms with Crippen LogP contribution in [0.25, 0.3) is 6.08 Å². The average Bonchev–Trinajstić information content (AvgIpc) is 3.11. The van der Waals surface area contributed by atoms with Gasteiger partial charge in [0, 0.05) is 5.02 Å². The Labute approximate surface area is 213 Å². The van der Waals surface area contributed by atoms with Gasteiger partial charge in [-0.1, -0.05) is 48.0 Å². The Kier molecular flexibility index (Phi) is 8.34. The van der Waals surface area contributed by atoms with Gasteiger partial charge in [0.15, 0.2) is 11.5 Å².